The van der Waals surface area contributed by atoms with Gasteiger partial charge in [0, 0.05) is 15.2 Å². The minimum Gasteiger partial charge on any atom is -0.326 e. The summed E-state index contributed by atoms with van der Waals surface area (Å²) in [4.78, 5) is 12.2. The van der Waals surface area contributed by atoms with Crippen LogP contribution in [0.4, 0.5) is 5.69 Å². The molecule has 1 aliphatic rings. The van der Waals surface area contributed by atoms with Crippen molar-refractivity contribution >= 4 is 34.2 Å². The molecule has 2 nitrogen and oxygen atoms in total. The van der Waals surface area contributed by atoms with Crippen LogP contribution in [0.25, 0.3) is 0 Å². The van der Waals surface area contributed by atoms with Crippen molar-refractivity contribution in [3.63, 3.8) is 0 Å². The average molecular weight is 343 g/mol. The molecule has 2 rings (SSSR count). The number of hydrogen-bond acceptors (Lipinski definition) is 1. The summed E-state index contributed by atoms with van der Waals surface area (Å²) in [6.07, 6.45) is 0. The third-order valence-electron chi connectivity index (χ3n) is 4.39. The van der Waals surface area contributed by atoms with E-state index in [0.717, 1.165) is 5.69 Å². The predicted molar refractivity (Wildman–Crippen MR) is 78.8 cm³/mol. The van der Waals surface area contributed by atoms with Crippen LogP contribution in [-0.2, 0) is 4.79 Å². The summed E-state index contributed by atoms with van der Waals surface area (Å²) in [6.45, 7) is 8.63. The number of benzene rings is 1. The number of amides is 1. The Morgan fingerprint density at radius 1 is 1.12 bits per heavy atom. The Morgan fingerprint density at radius 3 is 2.00 bits per heavy atom. The summed E-state index contributed by atoms with van der Waals surface area (Å²) in [6, 6.07) is 7.89. The Morgan fingerprint density at radius 2 is 1.59 bits per heavy atom. The first-order chi connectivity index (χ1) is 7.76. The van der Waals surface area contributed by atoms with Gasteiger partial charge in [-0.1, -0.05) is 27.7 Å². The lowest BCUT2D eigenvalue weighted by Gasteiger charge is -2.06. The van der Waals surface area contributed by atoms with E-state index in [1.165, 1.54) is 3.57 Å². The van der Waals surface area contributed by atoms with Crippen molar-refractivity contribution in [3.8, 4) is 0 Å². The van der Waals surface area contributed by atoms with E-state index >= 15 is 0 Å². The smallest absolute Gasteiger partial charge is 0.228 e. The third kappa shape index (κ3) is 2.09. The molecule has 1 N–H and O–H groups in total. The van der Waals surface area contributed by atoms with E-state index in [0.29, 0.717) is 0 Å². The van der Waals surface area contributed by atoms with Crippen LogP contribution in [0, 0.1) is 20.3 Å². The second-order valence-electron chi connectivity index (χ2n) is 5.87. The zero-order valence-corrected chi connectivity index (χ0v) is 12.8. The van der Waals surface area contributed by atoms with Crippen LogP contribution >= 0.6 is 22.6 Å². The van der Waals surface area contributed by atoms with Gasteiger partial charge in [-0.15, -0.1) is 0 Å². The molecule has 0 saturated heterocycles. The van der Waals surface area contributed by atoms with Gasteiger partial charge in [0.05, 0.1) is 0 Å². The minimum atomic E-state index is 0.0975. The molecule has 1 aromatic rings. The highest BCUT2D eigenvalue weighted by Crippen LogP contribution is 2.68. The zero-order valence-electron chi connectivity index (χ0n) is 10.7. The Balaban J connectivity index is 2.07. The highest BCUT2D eigenvalue weighted by atomic mass is 127. The minimum absolute atomic E-state index is 0.0975. The molecule has 0 bridgehead atoms. The van der Waals surface area contributed by atoms with Gasteiger partial charge in [-0.05, 0) is 57.7 Å². The molecule has 3 heteroatoms. The van der Waals surface area contributed by atoms with Crippen LogP contribution in [0.15, 0.2) is 24.3 Å². The van der Waals surface area contributed by atoms with Crippen molar-refractivity contribution in [2.75, 3.05) is 5.32 Å². The average Bonchev–Trinajstić information content (AvgIpc) is 2.61. The topological polar surface area (TPSA) is 29.1 Å². The first-order valence-electron chi connectivity index (χ1n) is 5.83. The van der Waals surface area contributed by atoms with Crippen LogP contribution in [0.3, 0.4) is 0 Å². The summed E-state index contributed by atoms with van der Waals surface area (Å²) in [7, 11) is 0. The maximum Gasteiger partial charge on any atom is 0.228 e. The second kappa shape index (κ2) is 3.97. The molecule has 0 aromatic heterocycles. The molecule has 0 aliphatic heterocycles. The molecule has 1 aromatic carbocycles. The Labute approximate surface area is 116 Å². The highest BCUT2D eigenvalue weighted by Gasteiger charge is 2.68. The van der Waals surface area contributed by atoms with E-state index in [1.807, 2.05) is 24.3 Å². The van der Waals surface area contributed by atoms with Gasteiger partial charge in [0.2, 0.25) is 5.91 Å². The van der Waals surface area contributed by atoms with Crippen molar-refractivity contribution in [3.05, 3.63) is 27.8 Å². The first-order valence-corrected chi connectivity index (χ1v) is 6.91. The maximum atomic E-state index is 12.2. The molecule has 1 amide bonds. The molecule has 0 radical (unpaired) electrons. The molecule has 1 saturated carbocycles. The Kier molecular flexibility index (Phi) is 3.00. The molecule has 92 valence electrons. The predicted octanol–water partition coefficient (Wildman–Crippen LogP) is 3.91. The van der Waals surface area contributed by atoms with Crippen molar-refractivity contribution in [2.24, 2.45) is 16.7 Å². The SMILES string of the molecule is CC1(C)C(C(=O)Nc2ccc(I)cc2)C1(C)C. The van der Waals surface area contributed by atoms with Crippen LogP contribution < -0.4 is 5.32 Å². The number of rotatable bonds is 2. The fourth-order valence-corrected chi connectivity index (χ4v) is 2.96. The third-order valence-corrected chi connectivity index (χ3v) is 5.11. The summed E-state index contributed by atoms with van der Waals surface area (Å²) in [5.74, 6) is 0.246. The van der Waals surface area contributed by atoms with Crippen LogP contribution in [0.5, 0.6) is 0 Å². The van der Waals surface area contributed by atoms with Gasteiger partial charge in [-0.25, -0.2) is 0 Å². The number of nitrogens with one attached hydrogen (secondary N) is 1. The van der Waals surface area contributed by atoms with Gasteiger partial charge in [0.1, 0.15) is 0 Å². The lowest BCUT2D eigenvalue weighted by molar-refractivity contribution is -0.118. The number of anilines is 1. The van der Waals surface area contributed by atoms with Gasteiger partial charge < -0.3 is 5.32 Å². The lowest BCUT2D eigenvalue weighted by atomic mass is 10.0. The van der Waals surface area contributed by atoms with Gasteiger partial charge in [-0.2, -0.15) is 0 Å². The molecule has 0 heterocycles. The standard InChI is InChI=1S/C14H18INO/c1-13(2)11(14(13,3)4)12(17)16-10-7-5-9(15)6-8-10/h5-8,11H,1-4H3,(H,16,17). The fourth-order valence-electron chi connectivity index (χ4n) is 2.60. The van der Waals surface area contributed by atoms with Crippen molar-refractivity contribution in [1.82, 2.24) is 0 Å². The number of halogens is 1. The number of carbonyl (C=O) groups excluding carboxylic acids is 1. The molecule has 0 unspecified atom stereocenters. The number of hydrogen-bond donors (Lipinski definition) is 1. The van der Waals surface area contributed by atoms with E-state index in [9.17, 15) is 4.79 Å². The lowest BCUT2D eigenvalue weighted by Crippen LogP contribution is -2.17. The Hall–Kier alpha value is -0.580. The molecule has 1 fully saturated rings. The second-order valence-corrected chi connectivity index (χ2v) is 7.12. The van der Waals surface area contributed by atoms with E-state index < -0.39 is 0 Å². The normalized spacial score (nSPS) is 21.0. The monoisotopic (exact) mass is 343 g/mol. The van der Waals surface area contributed by atoms with Crippen LogP contribution in [0.1, 0.15) is 27.7 Å². The van der Waals surface area contributed by atoms with Crippen molar-refractivity contribution < 1.29 is 4.79 Å². The summed E-state index contributed by atoms with van der Waals surface area (Å²) in [5.41, 5.74) is 1.08. The first kappa shape index (κ1) is 12.9. The summed E-state index contributed by atoms with van der Waals surface area (Å²) >= 11 is 2.25. The Bertz CT molecular complexity index is 434. The van der Waals surface area contributed by atoms with E-state index in [-0.39, 0.29) is 22.7 Å². The van der Waals surface area contributed by atoms with Gasteiger partial charge in [-0.3, -0.25) is 4.79 Å². The molecular weight excluding hydrogens is 325 g/mol. The fraction of sp³-hybridized carbons (Fsp3) is 0.500. The quantitative estimate of drug-likeness (QED) is 0.811. The molecule has 0 spiro atoms. The molecular formula is C14H18INO. The van der Waals surface area contributed by atoms with Gasteiger partial charge in [0.15, 0.2) is 0 Å². The molecule has 17 heavy (non-hydrogen) atoms. The van der Waals surface area contributed by atoms with Gasteiger partial charge >= 0.3 is 0 Å². The van der Waals surface area contributed by atoms with E-state index in [1.54, 1.807) is 0 Å². The molecule has 1 aliphatic carbocycles. The number of carbonyl (C=O) groups is 1. The maximum absolute atomic E-state index is 12.2. The summed E-state index contributed by atoms with van der Waals surface area (Å²) < 4.78 is 1.17. The zero-order chi connectivity index (χ0) is 12.8. The molecule has 0 atom stereocenters. The van der Waals surface area contributed by atoms with Gasteiger partial charge in [0.25, 0.3) is 0 Å². The van der Waals surface area contributed by atoms with Crippen LogP contribution in [0.2, 0.25) is 0 Å². The van der Waals surface area contributed by atoms with E-state index in [4.69, 9.17) is 0 Å². The van der Waals surface area contributed by atoms with Crippen LogP contribution in [-0.4, -0.2) is 5.91 Å². The highest BCUT2D eigenvalue weighted by molar-refractivity contribution is 14.1. The summed E-state index contributed by atoms with van der Waals surface area (Å²) in [5, 5.41) is 3.00. The largest absolute Gasteiger partial charge is 0.326 e. The van der Waals surface area contributed by atoms with E-state index in [2.05, 4.69) is 55.6 Å². The van der Waals surface area contributed by atoms with Crippen molar-refractivity contribution in [2.45, 2.75) is 27.7 Å². The van der Waals surface area contributed by atoms with Crippen molar-refractivity contribution in [1.29, 1.82) is 0 Å².